The third kappa shape index (κ3) is 7.10. The second-order valence-corrected chi connectivity index (χ2v) is 10.1. The van der Waals surface area contributed by atoms with Crippen molar-refractivity contribution in [2.45, 2.75) is 31.4 Å². The molecule has 1 atom stereocenters. The van der Waals surface area contributed by atoms with E-state index < -0.39 is 6.10 Å². The fourth-order valence-corrected chi connectivity index (χ4v) is 4.94. The van der Waals surface area contributed by atoms with E-state index in [1.807, 2.05) is 35.4 Å². The van der Waals surface area contributed by atoms with Crippen LogP contribution in [-0.4, -0.2) is 70.9 Å². The van der Waals surface area contributed by atoms with E-state index in [1.54, 1.807) is 24.3 Å². The summed E-state index contributed by atoms with van der Waals surface area (Å²) in [6.45, 7) is 2.87. The van der Waals surface area contributed by atoms with Crippen molar-refractivity contribution in [3.63, 3.8) is 0 Å². The lowest BCUT2D eigenvalue weighted by atomic mass is 10.0. The number of phenols is 1. The number of nitrogens with zero attached hydrogens (tertiary/aromatic N) is 1. The van der Waals surface area contributed by atoms with Gasteiger partial charge in [-0.05, 0) is 73.8 Å². The first-order valence-corrected chi connectivity index (χ1v) is 13.6. The van der Waals surface area contributed by atoms with Gasteiger partial charge in [0.25, 0.3) is 5.91 Å². The van der Waals surface area contributed by atoms with Crippen molar-refractivity contribution in [3.8, 4) is 11.5 Å². The zero-order valence-corrected chi connectivity index (χ0v) is 22.0. The van der Waals surface area contributed by atoms with Crippen molar-refractivity contribution in [3.05, 3.63) is 90.1 Å². The van der Waals surface area contributed by atoms with E-state index in [2.05, 4.69) is 39.9 Å². The Kier molecular flexibility index (Phi) is 8.65. The van der Waals surface area contributed by atoms with Gasteiger partial charge < -0.3 is 35.5 Å². The molecule has 1 saturated heterocycles. The molecule has 3 aromatic carbocycles. The maximum Gasteiger partial charge on any atom is 0.256 e. The molecule has 8 nitrogen and oxygen atoms in total. The second-order valence-electron chi connectivity index (χ2n) is 10.1. The Morgan fingerprint density at radius 3 is 2.54 bits per heavy atom. The second kappa shape index (κ2) is 12.7. The fourth-order valence-electron chi connectivity index (χ4n) is 4.94. The number of aliphatic hydroxyl groups excluding tert-OH is 1. The van der Waals surface area contributed by atoms with E-state index in [4.69, 9.17) is 4.74 Å². The highest BCUT2D eigenvalue weighted by molar-refractivity contribution is 6.06. The van der Waals surface area contributed by atoms with E-state index in [0.29, 0.717) is 18.3 Å². The number of nitrogens with one attached hydrogen (secondary N) is 3. The summed E-state index contributed by atoms with van der Waals surface area (Å²) in [6, 6.07) is 23.2. The molecule has 0 saturated carbocycles. The highest BCUT2D eigenvalue weighted by Crippen LogP contribution is 2.23. The van der Waals surface area contributed by atoms with Crippen molar-refractivity contribution in [2.75, 3.05) is 38.1 Å². The number of aliphatic hydroxyl groups is 1. The van der Waals surface area contributed by atoms with Gasteiger partial charge in [-0.1, -0.05) is 30.3 Å². The summed E-state index contributed by atoms with van der Waals surface area (Å²) in [5.74, 6) is 0.899. The summed E-state index contributed by atoms with van der Waals surface area (Å²) in [5, 5.41) is 27.3. The van der Waals surface area contributed by atoms with Crippen LogP contribution in [0, 0.1) is 0 Å². The Morgan fingerprint density at radius 1 is 1.03 bits per heavy atom. The number of likely N-dealkylation sites (tertiary alicyclic amines) is 1. The molecule has 1 fully saturated rings. The maximum atomic E-state index is 13.1. The minimum Gasteiger partial charge on any atom is -0.508 e. The third-order valence-corrected chi connectivity index (χ3v) is 7.18. The van der Waals surface area contributed by atoms with Gasteiger partial charge in [-0.15, -0.1) is 0 Å². The fraction of sp³-hybridized carbons (Fsp3) is 0.323. The van der Waals surface area contributed by atoms with Crippen LogP contribution in [0.5, 0.6) is 11.5 Å². The number of carbonyl (C=O) groups is 1. The molecule has 5 N–H and O–H groups in total. The number of phenolic OH excluding ortho intramolecular Hbond substituents is 1. The summed E-state index contributed by atoms with van der Waals surface area (Å²) in [4.78, 5) is 18.2. The number of H-pyrrole nitrogens is 1. The van der Waals surface area contributed by atoms with Crippen LogP contribution >= 0.6 is 0 Å². The number of ether oxygens (including phenoxy) is 1. The van der Waals surface area contributed by atoms with Crippen LogP contribution in [0.1, 0.15) is 28.8 Å². The van der Waals surface area contributed by atoms with Crippen molar-refractivity contribution >= 4 is 22.5 Å². The Bertz CT molecular complexity index is 1350. The first kappa shape index (κ1) is 26.6. The SMILES string of the molecule is O=C(c1c[nH]c2ccccc12)N1CCC(Nc2ccc(CCNC[C@H](O)COc3ccc(O)cc3)cc2)CC1. The zero-order valence-electron chi connectivity index (χ0n) is 22.0. The molecule has 4 aromatic rings. The van der Waals surface area contributed by atoms with E-state index in [0.717, 1.165) is 61.1 Å². The van der Waals surface area contributed by atoms with Gasteiger partial charge in [-0.25, -0.2) is 0 Å². The molecular weight excluding hydrogens is 492 g/mol. The van der Waals surface area contributed by atoms with Gasteiger partial charge in [0.1, 0.15) is 24.2 Å². The standard InChI is InChI=1S/C31H36N4O4/c36-25-9-11-27(12-10-25)39-21-26(37)19-32-16-13-22-5-7-23(8-6-22)34-24-14-17-35(18-15-24)31(38)29-20-33-30-4-2-1-3-28(29)30/h1-12,20,24,26,32-34,36-37H,13-19,21H2/t26-/m0/s1. The van der Waals surface area contributed by atoms with E-state index >= 15 is 0 Å². The van der Waals surface area contributed by atoms with Crippen LogP contribution in [0.25, 0.3) is 10.9 Å². The average molecular weight is 529 g/mol. The first-order valence-electron chi connectivity index (χ1n) is 13.6. The molecule has 0 aliphatic carbocycles. The molecule has 0 radical (unpaired) electrons. The van der Waals surface area contributed by atoms with Crippen molar-refractivity contribution < 1.29 is 19.7 Å². The Labute approximate surface area is 228 Å². The first-order chi connectivity index (χ1) is 19.0. The lowest BCUT2D eigenvalue weighted by molar-refractivity contribution is 0.0720. The number of piperidine rings is 1. The normalized spacial score (nSPS) is 14.8. The quantitative estimate of drug-likeness (QED) is 0.187. The van der Waals surface area contributed by atoms with Crippen LogP contribution in [0.3, 0.4) is 0 Å². The predicted octanol–water partition coefficient (Wildman–Crippen LogP) is 4.16. The van der Waals surface area contributed by atoms with Crippen LogP contribution in [-0.2, 0) is 6.42 Å². The predicted molar refractivity (Wildman–Crippen MR) is 153 cm³/mol. The molecule has 5 rings (SSSR count). The van der Waals surface area contributed by atoms with Crippen LogP contribution in [0.15, 0.2) is 79.0 Å². The smallest absolute Gasteiger partial charge is 0.256 e. The summed E-state index contributed by atoms with van der Waals surface area (Å²) < 4.78 is 5.53. The van der Waals surface area contributed by atoms with Gasteiger partial charge in [-0.3, -0.25) is 4.79 Å². The highest BCUT2D eigenvalue weighted by atomic mass is 16.5. The minimum absolute atomic E-state index is 0.0984. The summed E-state index contributed by atoms with van der Waals surface area (Å²) >= 11 is 0. The number of fused-ring (bicyclic) bond motifs is 1. The molecule has 1 aliphatic heterocycles. The molecular formula is C31H36N4O4. The number of hydrogen-bond acceptors (Lipinski definition) is 6. The molecule has 1 amide bonds. The number of rotatable bonds is 11. The third-order valence-electron chi connectivity index (χ3n) is 7.18. The van der Waals surface area contributed by atoms with Crippen molar-refractivity contribution in [1.82, 2.24) is 15.2 Å². The lowest BCUT2D eigenvalue weighted by Gasteiger charge is -2.33. The lowest BCUT2D eigenvalue weighted by Crippen LogP contribution is -2.42. The van der Waals surface area contributed by atoms with Gasteiger partial charge in [0.05, 0.1) is 5.56 Å². The number of amides is 1. The van der Waals surface area contributed by atoms with Gasteiger partial charge in [0, 0.05) is 48.5 Å². The highest BCUT2D eigenvalue weighted by Gasteiger charge is 2.25. The molecule has 0 bridgehead atoms. The molecule has 8 heteroatoms. The van der Waals surface area contributed by atoms with Crippen LogP contribution in [0.2, 0.25) is 0 Å². The minimum atomic E-state index is -0.616. The molecule has 204 valence electrons. The topological polar surface area (TPSA) is 110 Å². The zero-order chi connectivity index (χ0) is 27.0. The van der Waals surface area contributed by atoms with E-state index in [1.165, 1.54) is 5.56 Å². The van der Waals surface area contributed by atoms with Crippen LogP contribution < -0.4 is 15.4 Å². The molecule has 0 unspecified atom stereocenters. The number of benzene rings is 3. The number of aromatic hydroxyl groups is 1. The summed E-state index contributed by atoms with van der Waals surface area (Å²) in [7, 11) is 0. The van der Waals surface area contributed by atoms with E-state index in [9.17, 15) is 15.0 Å². The van der Waals surface area contributed by atoms with Gasteiger partial charge >= 0.3 is 0 Å². The number of anilines is 1. The summed E-state index contributed by atoms with van der Waals surface area (Å²) in [5.41, 5.74) is 4.06. The Morgan fingerprint density at radius 2 is 1.77 bits per heavy atom. The number of carbonyl (C=O) groups excluding carboxylic acids is 1. The largest absolute Gasteiger partial charge is 0.508 e. The molecule has 1 aliphatic rings. The van der Waals surface area contributed by atoms with Gasteiger partial charge in [-0.2, -0.15) is 0 Å². The van der Waals surface area contributed by atoms with Crippen LogP contribution in [0.4, 0.5) is 5.69 Å². The molecule has 0 spiro atoms. The molecule has 1 aromatic heterocycles. The monoisotopic (exact) mass is 528 g/mol. The Balaban J connectivity index is 0.992. The molecule has 2 heterocycles. The number of para-hydroxylation sites is 1. The average Bonchev–Trinajstić information content (AvgIpc) is 3.40. The number of aromatic nitrogens is 1. The van der Waals surface area contributed by atoms with Gasteiger partial charge in [0.2, 0.25) is 0 Å². The van der Waals surface area contributed by atoms with E-state index in [-0.39, 0.29) is 18.3 Å². The van der Waals surface area contributed by atoms with Crippen molar-refractivity contribution in [1.29, 1.82) is 0 Å². The van der Waals surface area contributed by atoms with Crippen molar-refractivity contribution in [2.24, 2.45) is 0 Å². The number of aromatic amines is 1. The molecule has 39 heavy (non-hydrogen) atoms. The maximum absolute atomic E-state index is 13.1. The Hall–Kier alpha value is -4.01. The summed E-state index contributed by atoms with van der Waals surface area (Å²) in [6.07, 6.45) is 3.90. The van der Waals surface area contributed by atoms with Gasteiger partial charge in [0.15, 0.2) is 0 Å². The number of hydrogen-bond donors (Lipinski definition) is 5.